The van der Waals surface area contributed by atoms with E-state index in [9.17, 15) is 0 Å². The summed E-state index contributed by atoms with van der Waals surface area (Å²) in [4.78, 5) is 0. The molecule has 1 nitrogen and oxygen atoms in total. The minimum Gasteiger partial charge on any atom is -0.500 e. The third kappa shape index (κ3) is 6.25. The van der Waals surface area contributed by atoms with Gasteiger partial charge in [-0.05, 0) is 28.6 Å². The van der Waals surface area contributed by atoms with E-state index in [1.807, 2.05) is 6.92 Å². The van der Waals surface area contributed by atoms with Crippen molar-refractivity contribution in [3.8, 4) is 0 Å². The van der Waals surface area contributed by atoms with E-state index in [1.165, 1.54) is 0 Å². The standard InChI is InChI=1S/C6H11BrOS/c1-3-8-5-6(7)9-4-2/h5H,3-4H2,1-2H3. The fourth-order valence-corrected chi connectivity index (χ4v) is 1.55. The molecule has 0 atom stereocenters. The predicted octanol–water partition coefficient (Wildman–Crippen LogP) is 2.97. The van der Waals surface area contributed by atoms with Gasteiger partial charge in [-0.3, -0.25) is 0 Å². The van der Waals surface area contributed by atoms with Crippen molar-refractivity contribution in [3.63, 3.8) is 0 Å². The Labute approximate surface area is 69.0 Å². The summed E-state index contributed by atoms with van der Waals surface area (Å²) in [6.45, 7) is 4.80. The van der Waals surface area contributed by atoms with Gasteiger partial charge < -0.3 is 4.74 Å². The van der Waals surface area contributed by atoms with Crippen molar-refractivity contribution in [2.75, 3.05) is 12.4 Å². The predicted molar refractivity (Wildman–Crippen MR) is 46.8 cm³/mol. The molecule has 0 bridgehead atoms. The molecule has 0 aromatic carbocycles. The van der Waals surface area contributed by atoms with Crippen LogP contribution in [0.1, 0.15) is 13.8 Å². The summed E-state index contributed by atoms with van der Waals surface area (Å²) in [5, 5.41) is 0. The van der Waals surface area contributed by atoms with Gasteiger partial charge in [0.2, 0.25) is 0 Å². The summed E-state index contributed by atoms with van der Waals surface area (Å²) in [6, 6.07) is 0. The smallest absolute Gasteiger partial charge is 0.103 e. The van der Waals surface area contributed by atoms with E-state index in [0.717, 1.165) is 16.2 Å². The highest BCUT2D eigenvalue weighted by Crippen LogP contribution is 2.20. The van der Waals surface area contributed by atoms with Crippen molar-refractivity contribution in [1.82, 2.24) is 0 Å². The molecule has 0 spiro atoms. The summed E-state index contributed by atoms with van der Waals surface area (Å²) in [5.74, 6) is 1.07. The minimum absolute atomic E-state index is 0.735. The van der Waals surface area contributed by atoms with E-state index < -0.39 is 0 Å². The van der Waals surface area contributed by atoms with Gasteiger partial charge in [-0.15, -0.1) is 11.8 Å². The van der Waals surface area contributed by atoms with Gasteiger partial charge in [-0.25, -0.2) is 0 Å². The van der Waals surface area contributed by atoms with E-state index >= 15 is 0 Å². The normalized spacial score (nSPS) is 11.7. The molecular formula is C6H11BrOS. The Kier molecular flexibility index (Phi) is 6.76. The molecule has 54 valence electrons. The molecule has 0 radical (unpaired) electrons. The molecule has 0 rings (SSSR count). The Bertz CT molecular complexity index is 93.1. The van der Waals surface area contributed by atoms with Gasteiger partial charge in [0.25, 0.3) is 0 Å². The zero-order valence-corrected chi connectivity index (χ0v) is 8.09. The summed E-state index contributed by atoms with van der Waals surface area (Å²) in [7, 11) is 0. The van der Waals surface area contributed by atoms with Gasteiger partial charge >= 0.3 is 0 Å². The van der Waals surface area contributed by atoms with Gasteiger partial charge in [0.1, 0.15) is 6.26 Å². The van der Waals surface area contributed by atoms with E-state index in [-0.39, 0.29) is 0 Å². The van der Waals surface area contributed by atoms with Crippen LogP contribution in [-0.4, -0.2) is 12.4 Å². The Balaban J connectivity index is 3.30. The van der Waals surface area contributed by atoms with E-state index in [4.69, 9.17) is 4.74 Å². The zero-order chi connectivity index (χ0) is 7.11. The van der Waals surface area contributed by atoms with Crippen LogP contribution in [0.5, 0.6) is 0 Å². The lowest BCUT2D eigenvalue weighted by atomic mass is 10.9. The highest BCUT2D eigenvalue weighted by atomic mass is 79.9. The summed E-state index contributed by atoms with van der Waals surface area (Å²) in [6.07, 6.45) is 1.73. The molecule has 0 saturated carbocycles. The van der Waals surface area contributed by atoms with Crippen molar-refractivity contribution >= 4 is 27.7 Å². The SMILES string of the molecule is CCOC=C(Br)SCC. The van der Waals surface area contributed by atoms with E-state index in [1.54, 1.807) is 18.0 Å². The first-order valence-electron chi connectivity index (χ1n) is 2.91. The molecular weight excluding hydrogens is 200 g/mol. The molecule has 0 fully saturated rings. The number of hydrogen-bond acceptors (Lipinski definition) is 2. The summed E-state index contributed by atoms with van der Waals surface area (Å²) >= 11 is 5.06. The van der Waals surface area contributed by atoms with E-state index in [0.29, 0.717) is 0 Å². The molecule has 0 aliphatic rings. The zero-order valence-electron chi connectivity index (χ0n) is 5.69. The monoisotopic (exact) mass is 210 g/mol. The summed E-state index contributed by atoms with van der Waals surface area (Å²) < 4.78 is 6.08. The molecule has 0 aliphatic heterocycles. The Morgan fingerprint density at radius 1 is 1.67 bits per heavy atom. The topological polar surface area (TPSA) is 9.23 Å². The fraction of sp³-hybridized carbons (Fsp3) is 0.667. The molecule has 0 aromatic rings. The van der Waals surface area contributed by atoms with Gasteiger partial charge in [-0.2, -0.15) is 0 Å². The second kappa shape index (κ2) is 6.49. The van der Waals surface area contributed by atoms with Crippen LogP contribution in [0.3, 0.4) is 0 Å². The van der Waals surface area contributed by atoms with Gasteiger partial charge in [-0.1, -0.05) is 6.92 Å². The molecule has 3 heteroatoms. The van der Waals surface area contributed by atoms with Crippen LogP contribution in [0.25, 0.3) is 0 Å². The lowest BCUT2D eigenvalue weighted by Crippen LogP contribution is -1.77. The number of thioether (sulfide) groups is 1. The maximum Gasteiger partial charge on any atom is 0.103 e. The summed E-state index contributed by atoms with van der Waals surface area (Å²) in [5.41, 5.74) is 0. The largest absolute Gasteiger partial charge is 0.500 e. The van der Waals surface area contributed by atoms with Crippen LogP contribution >= 0.6 is 27.7 Å². The molecule has 0 amide bonds. The van der Waals surface area contributed by atoms with E-state index in [2.05, 4.69) is 22.9 Å². The van der Waals surface area contributed by atoms with Crippen molar-refractivity contribution in [2.45, 2.75) is 13.8 Å². The van der Waals surface area contributed by atoms with Gasteiger partial charge in [0.05, 0.1) is 10.4 Å². The quantitative estimate of drug-likeness (QED) is 0.661. The number of halogens is 1. The highest BCUT2D eigenvalue weighted by molar-refractivity contribution is 9.14. The molecule has 0 N–H and O–H groups in total. The van der Waals surface area contributed by atoms with Crippen molar-refractivity contribution in [3.05, 3.63) is 10.1 Å². The van der Waals surface area contributed by atoms with Crippen LogP contribution in [0.2, 0.25) is 0 Å². The average molecular weight is 211 g/mol. The molecule has 0 saturated heterocycles. The highest BCUT2D eigenvalue weighted by Gasteiger charge is 1.87. The second-order valence-electron chi connectivity index (χ2n) is 1.31. The molecule has 0 aliphatic carbocycles. The van der Waals surface area contributed by atoms with Gasteiger partial charge in [0.15, 0.2) is 0 Å². The Morgan fingerprint density at radius 3 is 2.78 bits per heavy atom. The van der Waals surface area contributed by atoms with Crippen molar-refractivity contribution in [2.24, 2.45) is 0 Å². The molecule has 9 heavy (non-hydrogen) atoms. The van der Waals surface area contributed by atoms with Crippen molar-refractivity contribution < 1.29 is 4.74 Å². The average Bonchev–Trinajstić information content (AvgIpc) is 1.85. The Hall–Kier alpha value is 0.370. The third-order valence-corrected chi connectivity index (χ3v) is 2.16. The first kappa shape index (κ1) is 9.37. The third-order valence-electron chi connectivity index (χ3n) is 0.625. The minimum atomic E-state index is 0.735. The van der Waals surface area contributed by atoms with Crippen LogP contribution < -0.4 is 0 Å². The Morgan fingerprint density at radius 2 is 2.33 bits per heavy atom. The first-order valence-corrected chi connectivity index (χ1v) is 4.69. The number of rotatable bonds is 4. The maximum atomic E-state index is 5.02. The molecule has 0 unspecified atom stereocenters. The molecule has 0 heterocycles. The van der Waals surface area contributed by atoms with Gasteiger partial charge in [0, 0.05) is 0 Å². The second-order valence-corrected chi connectivity index (χ2v) is 4.00. The number of ether oxygens (including phenoxy) is 1. The van der Waals surface area contributed by atoms with Crippen LogP contribution in [0.4, 0.5) is 0 Å². The maximum absolute atomic E-state index is 5.02. The molecule has 0 aromatic heterocycles. The fourth-order valence-electron chi connectivity index (χ4n) is 0.321. The first-order chi connectivity index (χ1) is 4.31. The van der Waals surface area contributed by atoms with Crippen LogP contribution in [0, 0.1) is 0 Å². The van der Waals surface area contributed by atoms with Crippen LogP contribution in [-0.2, 0) is 4.74 Å². The lowest BCUT2D eigenvalue weighted by molar-refractivity contribution is 0.269. The van der Waals surface area contributed by atoms with Crippen LogP contribution in [0.15, 0.2) is 10.1 Å². The van der Waals surface area contributed by atoms with Crippen molar-refractivity contribution in [1.29, 1.82) is 0 Å². The number of hydrogen-bond donors (Lipinski definition) is 0. The lowest BCUT2D eigenvalue weighted by Gasteiger charge is -1.95.